The fraction of sp³-hybridized carbons (Fsp3) is 0.211. The second kappa shape index (κ2) is 8.88. The SMILES string of the molecule is Nc1nc(COC(=O)CCCOc2ccc(Cl)cc2Cl)nc2ccccc12. The van der Waals surface area contributed by atoms with Gasteiger partial charge in [-0.2, -0.15) is 0 Å². The van der Waals surface area contributed by atoms with Crippen LogP contribution in [0.1, 0.15) is 18.7 Å². The number of benzene rings is 2. The van der Waals surface area contributed by atoms with Gasteiger partial charge in [0, 0.05) is 16.8 Å². The molecule has 1 aromatic heterocycles. The fourth-order valence-electron chi connectivity index (χ4n) is 2.42. The molecule has 140 valence electrons. The number of nitrogens with zero attached hydrogens (tertiary/aromatic N) is 2. The maximum absolute atomic E-state index is 11.9. The monoisotopic (exact) mass is 405 g/mol. The molecule has 0 spiro atoms. The minimum Gasteiger partial charge on any atom is -0.492 e. The van der Waals surface area contributed by atoms with Gasteiger partial charge in [-0.3, -0.25) is 4.79 Å². The number of rotatable bonds is 7. The van der Waals surface area contributed by atoms with Crippen molar-refractivity contribution in [3.63, 3.8) is 0 Å². The van der Waals surface area contributed by atoms with E-state index in [1.54, 1.807) is 18.2 Å². The van der Waals surface area contributed by atoms with Crippen molar-refractivity contribution >= 4 is 45.9 Å². The Morgan fingerprint density at radius 1 is 1.11 bits per heavy atom. The quantitative estimate of drug-likeness (QED) is 0.462. The number of ether oxygens (including phenoxy) is 2. The third-order valence-corrected chi connectivity index (χ3v) is 4.25. The molecular weight excluding hydrogens is 389 g/mol. The third kappa shape index (κ3) is 5.21. The van der Waals surface area contributed by atoms with Crippen LogP contribution in [0.25, 0.3) is 10.9 Å². The number of hydrogen-bond donors (Lipinski definition) is 1. The third-order valence-electron chi connectivity index (χ3n) is 3.72. The molecule has 0 bridgehead atoms. The molecule has 0 fully saturated rings. The largest absolute Gasteiger partial charge is 0.492 e. The molecule has 3 aromatic rings. The van der Waals surface area contributed by atoms with Crippen molar-refractivity contribution in [3.05, 3.63) is 58.3 Å². The summed E-state index contributed by atoms with van der Waals surface area (Å²) in [5.74, 6) is 0.884. The van der Waals surface area contributed by atoms with Crippen LogP contribution < -0.4 is 10.5 Å². The van der Waals surface area contributed by atoms with Gasteiger partial charge in [0.2, 0.25) is 0 Å². The number of nitrogens with two attached hydrogens (primary N) is 1. The number of para-hydroxylation sites is 1. The maximum atomic E-state index is 11.9. The lowest BCUT2D eigenvalue weighted by molar-refractivity contribution is -0.145. The summed E-state index contributed by atoms with van der Waals surface area (Å²) in [4.78, 5) is 20.4. The lowest BCUT2D eigenvalue weighted by Gasteiger charge is -2.09. The minimum absolute atomic E-state index is 0.0300. The van der Waals surface area contributed by atoms with Gasteiger partial charge in [-0.05, 0) is 36.8 Å². The van der Waals surface area contributed by atoms with Crippen LogP contribution in [-0.4, -0.2) is 22.5 Å². The zero-order chi connectivity index (χ0) is 19.2. The molecule has 0 aliphatic heterocycles. The molecule has 0 aliphatic carbocycles. The van der Waals surface area contributed by atoms with Gasteiger partial charge < -0.3 is 15.2 Å². The molecule has 27 heavy (non-hydrogen) atoms. The minimum atomic E-state index is -0.365. The van der Waals surface area contributed by atoms with E-state index in [1.165, 1.54) is 0 Å². The molecule has 3 rings (SSSR count). The number of fused-ring (bicyclic) bond motifs is 1. The summed E-state index contributed by atoms with van der Waals surface area (Å²) in [5.41, 5.74) is 6.62. The van der Waals surface area contributed by atoms with Gasteiger partial charge >= 0.3 is 5.97 Å². The van der Waals surface area contributed by atoms with E-state index < -0.39 is 0 Å². The smallest absolute Gasteiger partial charge is 0.306 e. The van der Waals surface area contributed by atoms with Gasteiger partial charge in [-0.1, -0.05) is 35.3 Å². The average molecular weight is 406 g/mol. The number of halogens is 2. The Morgan fingerprint density at radius 3 is 2.74 bits per heavy atom. The Kier molecular flexibility index (Phi) is 6.32. The molecule has 6 nitrogen and oxygen atoms in total. The first-order valence-electron chi connectivity index (χ1n) is 8.27. The molecule has 0 amide bonds. The van der Waals surface area contributed by atoms with Crippen LogP contribution in [0.15, 0.2) is 42.5 Å². The zero-order valence-electron chi connectivity index (χ0n) is 14.3. The molecule has 0 atom stereocenters. The van der Waals surface area contributed by atoms with E-state index >= 15 is 0 Å². The van der Waals surface area contributed by atoms with Crippen molar-refractivity contribution in [2.75, 3.05) is 12.3 Å². The first kappa shape index (κ1) is 19.2. The van der Waals surface area contributed by atoms with E-state index in [-0.39, 0.29) is 19.0 Å². The summed E-state index contributed by atoms with van der Waals surface area (Å²) < 4.78 is 10.7. The Balaban J connectivity index is 1.44. The van der Waals surface area contributed by atoms with E-state index in [4.69, 9.17) is 38.4 Å². The van der Waals surface area contributed by atoms with Crippen LogP contribution in [0.4, 0.5) is 5.82 Å². The Hall–Kier alpha value is -2.57. The normalized spacial score (nSPS) is 10.7. The van der Waals surface area contributed by atoms with Crippen LogP contribution in [0.2, 0.25) is 10.0 Å². The fourth-order valence-corrected chi connectivity index (χ4v) is 2.89. The van der Waals surface area contributed by atoms with E-state index in [0.29, 0.717) is 46.0 Å². The van der Waals surface area contributed by atoms with Gasteiger partial charge in [0.1, 0.15) is 11.6 Å². The second-order valence-corrected chi connectivity index (χ2v) is 6.57. The predicted molar refractivity (Wildman–Crippen MR) is 105 cm³/mol. The number of carbonyl (C=O) groups is 1. The van der Waals surface area contributed by atoms with Gasteiger partial charge in [-0.25, -0.2) is 9.97 Å². The van der Waals surface area contributed by atoms with Crippen molar-refractivity contribution in [2.24, 2.45) is 0 Å². The summed E-state index contributed by atoms with van der Waals surface area (Å²) in [6, 6.07) is 12.4. The van der Waals surface area contributed by atoms with Crippen LogP contribution in [0, 0.1) is 0 Å². The van der Waals surface area contributed by atoms with Gasteiger partial charge in [0.05, 0.1) is 17.1 Å². The van der Waals surface area contributed by atoms with E-state index in [9.17, 15) is 4.79 Å². The molecule has 2 N–H and O–H groups in total. The number of esters is 1. The number of carbonyl (C=O) groups excluding carboxylic acids is 1. The molecule has 0 aliphatic rings. The van der Waals surface area contributed by atoms with Gasteiger partial charge in [0.25, 0.3) is 0 Å². The summed E-state index contributed by atoms with van der Waals surface area (Å²) in [6.07, 6.45) is 0.687. The lowest BCUT2D eigenvalue weighted by Crippen LogP contribution is -2.10. The molecule has 0 radical (unpaired) electrons. The predicted octanol–water partition coefficient (Wildman–Crippen LogP) is 4.42. The lowest BCUT2D eigenvalue weighted by atomic mass is 10.2. The topological polar surface area (TPSA) is 87.3 Å². The van der Waals surface area contributed by atoms with Crippen molar-refractivity contribution in [2.45, 2.75) is 19.4 Å². The standard InChI is InChI=1S/C19H17Cl2N3O3/c20-12-7-8-16(14(21)10-12)26-9-3-6-18(25)27-11-17-23-15-5-2-1-4-13(15)19(22)24-17/h1-2,4-5,7-8,10H,3,6,9,11H2,(H2,22,23,24). The highest BCUT2D eigenvalue weighted by atomic mass is 35.5. The van der Waals surface area contributed by atoms with Gasteiger partial charge in [0.15, 0.2) is 12.4 Å². The highest BCUT2D eigenvalue weighted by Crippen LogP contribution is 2.27. The van der Waals surface area contributed by atoms with Crippen molar-refractivity contribution in [1.29, 1.82) is 0 Å². The first-order valence-corrected chi connectivity index (χ1v) is 9.03. The van der Waals surface area contributed by atoms with Gasteiger partial charge in [-0.15, -0.1) is 0 Å². The molecular formula is C19H17Cl2N3O3. The molecule has 1 heterocycles. The van der Waals surface area contributed by atoms with Crippen LogP contribution in [0.3, 0.4) is 0 Å². The van der Waals surface area contributed by atoms with Crippen LogP contribution in [-0.2, 0) is 16.1 Å². The van der Waals surface area contributed by atoms with E-state index in [0.717, 1.165) is 5.39 Å². The van der Waals surface area contributed by atoms with Crippen molar-refractivity contribution in [3.8, 4) is 5.75 Å². The molecule has 0 saturated carbocycles. The molecule has 2 aromatic carbocycles. The number of nitrogen functional groups attached to an aromatic ring is 1. The molecule has 0 saturated heterocycles. The number of hydrogen-bond acceptors (Lipinski definition) is 6. The van der Waals surface area contributed by atoms with Crippen LogP contribution >= 0.6 is 23.2 Å². The van der Waals surface area contributed by atoms with E-state index in [1.807, 2.05) is 24.3 Å². The Bertz CT molecular complexity index is 966. The Labute approximate surface area is 166 Å². The Morgan fingerprint density at radius 2 is 1.93 bits per heavy atom. The highest BCUT2D eigenvalue weighted by Gasteiger charge is 2.09. The van der Waals surface area contributed by atoms with E-state index in [2.05, 4.69) is 9.97 Å². The highest BCUT2D eigenvalue weighted by molar-refractivity contribution is 6.35. The second-order valence-electron chi connectivity index (χ2n) is 5.73. The zero-order valence-corrected chi connectivity index (χ0v) is 15.8. The van der Waals surface area contributed by atoms with Crippen LogP contribution in [0.5, 0.6) is 5.75 Å². The summed E-state index contributed by atoms with van der Waals surface area (Å²) in [6.45, 7) is 0.299. The molecule has 8 heteroatoms. The maximum Gasteiger partial charge on any atom is 0.306 e. The first-order chi connectivity index (χ1) is 13.0. The average Bonchev–Trinajstić information content (AvgIpc) is 2.65. The molecule has 0 unspecified atom stereocenters. The number of aromatic nitrogens is 2. The number of anilines is 1. The van der Waals surface area contributed by atoms with Crippen molar-refractivity contribution in [1.82, 2.24) is 9.97 Å². The summed E-state index contributed by atoms with van der Waals surface area (Å²) >= 11 is 11.8. The summed E-state index contributed by atoms with van der Waals surface area (Å²) in [7, 11) is 0. The van der Waals surface area contributed by atoms with Crippen molar-refractivity contribution < 1.29 is 14.3 Å². The summed E-state index contributed by atoms with van der Waals surface area (Å²) in [5, 5.41) is 1.73.